The molecule has 1 aromatic carbocycles. The van der Waals surface area contributed by atoms with Crippen molar-refractivity contribution in [2.45, 2.75) is 13.1 Å². The number of benzene rings is 1. The SMILES string of the molecule is CC(N)n1c(=O)[nH]c2cccc(Cl)c2c1=O. The molecule has 0 aliphatic rings. The molecule has 1 unspecified atom stereocenters. The van der Waals surface area contributed by atoms with Crippen LogP contribution in [0, 0.1) is 0 Å². The summed E-state index contributed by atoms with van der Waals surface area (Å²) in [6, 6.07) is 4.88. The predicted octanol–water partition coefficient (Wildman–Crippen LogP) is 0.820. The zero-order valence-corrected chi connectivity index (χ0v) is 9.28. The quantitative estimate of drug-likeness (QED) is 0.773. The summed E-state index contributed by atoms with van der Waals surface area (Å²) in [6.07, 6.45) is -0.697. The Morgan fingerprint density at radius 3 is 2.75 bits per heavy atom. The molecule has 0 saturated carbocycles. The Balaban J connectivity index is 3.04. The number of rotatable bonds is 1. The first-order valence-electron chi connectivity index (χ1n) is 4.71. The van der Waals surface area contributed by atoms with E-state index < -0.39 is 17.4 Å². The van der Waals surface area contributed by atoms with Gasteiger partial charge in [-0.3, -0.25) is 4.79 Å². The molecule has 5 nitrogen and oxygen atoms in total. The van der Waals surface area contributed by atoms with Gasteiger partial charge in [0.1, 0.15) is 0 Å². The largest absolute Gasteiger partial charge is 0.330 e. The minimum atomic E-state index is -0.697. The van der Waals surface area contributed by atoms with Gasteiger partial charge < -0.3 is 10.7 Å². The summed E-state index contributed by atoms with van der Waals surface area (Å²) in [5, 5.41) is 0.578. The van der Waals surface area contributed by atoms with E-state index in [-0.39, 0.29) is 5.39 Å². The van der Waals surface area contributed by atoms with Gasteiger partial charge in [-0.1, -0.05) is 17.7 Å². The number of nitrogens with two attached hydrogens (primary N) is 1. The Bertz CT molecular complexity index is 657. The number of nitrogens with one attached hydrogen (secondary N) is 1. The number of halogens is 1. The van der Waals surface area contributed by atoms with Crippen LogP contribution in [0.2, 0.25) is 5.02 Å². The average Bonchev–Trinajstić information content (AvgIpc) is 2.15. The zero-order valence-electron chi connectivity index (χ0n) is 8.53. The molecule has 1 heterocycles. The molecule has 0 fully saturated rings. The third kappa shape index (κ3) is 1.54. The molecule has 0 amide bonds. The molecule has 0 spiro atoms. The fourth-order valence-corrected chi connectivity index (χ4v) is 1.86. The van der Waals surface area contributed by atoms with Gasteiger partial charge in [0.2, 0.25) is 0 Å². The Morgan fingerprint density at radius 2 is 2.12 bits per heavy atom. The lowest BCUT2D eigenvalue weighted by molar-refractivity contribution is 0.528. The fourth-order valence-electron chi connectivity index (χ4n) is 1.60. The van der Waals surface area contributed by atoms with Crippen molar-refractivity contribution in [1.29, 1.82) is 0 Å². The molecule has 2 rings (SSSR count). The minimum absolute atomic E-state index is 0.279. The Labute approximate surface area is 95.5 Å². The van der Waals surface area contributed by atoms with Gasteiger partial charge in [-0.25, -0.2) is 9.36 Å². The average molecular weight is 240 g/mol. The summed E-state index contributed by atoms with van der Waals surface area (Å²) in [7, 11) is 0. The molecule has 0 bridgehead atoms. The maximum absolute atomic E-state index is 12.0. The van der Waals surface area contributed by atoms with E-state index in [1.165, 1.54) is 0 Å². The molecule has 0 aliphatic heterocycles. The van der Waals surface area contributed by atoms with Crippen LogP contribution in [-0.4, -0.2) is 9.55 Å². The molecular formula is C10H10ClN3O2. The highest BCUT2D eigenvalue weighted by Gasteiger charge is 2.12. The van der Waals surface area contributed by atoms with E-state index in [1.807, 2.05) is 0 Å². The molecule has 2 aromatic rings. The molecule has 84 valence electrons. The normalized spacial score (nSPS) is 12.9. The van der Waals surface area contributed by atoms with Gasteiger partial charge >= 0.3 is 5.69 Å². The van der Waals surface area contributed by atoms with Crippen LogP contribution in [0.1, 0.15) is 13.1 Å². The molecule has 16 heavy (non-hydrogen) atoms. The van der Waals surface area contributed by atoms with Crippen molar-refractivity contribution in [3.8, 4) is 0 Å². The molecule has 0 saturated heterocycles. The highest BCUT2D eigenvalue weighted by molar-refractivity contribution is 6.35. The highest BCUT2D eigenvalue weighted by atomic mass is 35.5. The number of hydrogen-bond acceptors (Lipinski definition) is 3. The minimum Gasteiger partial charge on any atom is -0.311 e. The summed E-state index contributed by atoms with van der Waals surface area (Å²) in [5.41, 5.74) is 4.97. The van der Waals surface area contributed by atoms with E-state index in [0.717, 1.165) is 4.57 Å². The van der Waals surface area contributed by atoms with Crippen LogP contribution < -0.4 is 17.0 Å². The van der Waals surface area contributed by atoms with Crippen molar-refractivity contribution in [2.24, 2.45) is 5.73 Å². The summed E-state index contributed by atoms with van der Waals surface area (Å²) >= 11 is 5.92. The van der Waals surface area contributed by atoms with Crippen LogP contribution >= 0.6 is 11.6 Å². The van der Waals surface area contributed by atoms with E-state index in [2.05, 4.69) is 4.98 Å². The molecule has 0 aliphatic carbocycles. The third-order valence-electron chi connectivity index (χ3n) is 2.31. The second kappa shape index (κ2) is 3.77. The van der Waals surface area contributed by atoms with Crippen LogP contribution in [0.3, 0.4) is 0 Å². The van der Waals surface area contributed by atoms with Crippen LogP contribution in [0.25, 0.3) is 10.9 Å². The number of nitrogens with zero attached hydrogens (tertiary/aromatic N) is 1. The maximum Gasteiger partial charge on any atom is 0.330 e. The smallest absolute Gasteiger partial charge is 0.311 e. The lowest BCUT2D eigenvalue weighted by Gasteiger charge is -2.09. The Morgan fingerprint density at radius 1 is 1.44 bits per heavy atom. The van der Waals surface area contributed by atoms with E-state index in [1.54, 1.807) is 25.1 Å². The van der Waals surface area contributed by atoms with Crippen molar-refractivity contribution in [3.05, 3.63) is 44.1 Å². The van der Waals surface area contributed by atoms with Gasteiger partial charge in [-0.15, -0.1) is 0 Å². The topological polar surface area (TPSA) is 80.9 Å². The van der Waals surface area contributed by atoms with Crippen LogP contribution in [0.4, 0.5) is 0 Å². The lowest BCUT2D eigenvalue weighted by atomic mass is 10.2. The predicted molar refractivity (Wildman–Crippen MR) is 62.7 cm³/mol. The van der Waals surface area contributed by atoms with Crippen LogP contribution in [-0.2, 0) is 0 Å². The van der Waals surface area contributed by atoms with Crippen LogP contribution in [0.15, 0.2) is 27.8 Å². The van der Waals surface area contributed by atoms with Crippen molar-refractivity contribution >= 4 is 22.5 Å². The molecule has 1 aromatic heterocycles. The summed E-state index contributed by atoms with van der Waals surface area (Å²) in [6.45, 7) is 1.55. The van der Waals surface area contributed by atoms with Gasteiger partial charge in [0.05, 0.1) is 22.1 Å². The van der Waals surface area contributed by atoms with E-state index in [9.17, 15) is 9.59 Å². The molecule has 3 N–H and O–H groups in total. The number of aromatic nitrogens is 2. The number of H-pyrrole nitrogens is 1. The van der Waals surface area contributed by atoms with Gasteiger partial charge in [-0.2, -0.15) is 0 Å². The van der Waals surface area contributed by atoms with Gasteiger partial charge in [0.15, 0.2) is 0 Å². The zero-order chi connectivity index (χ0) is 11.9. The molecular weight excluding hydrogens is 230 g/mol. The van der Waals surface area contributed by atoms with Crippen molar-refractivity contribution in [2.75, 3.05) is 0 Å². The van der Waals surface area contributed by atoms with Gasteiger partial charge in [-0.05, 0) is 19.1 Å². The number of fused-ring (bicyclic) bond motifs is 1. The Kier molecular flexibility index (Phi) is 2.57. The van der Waals surface area contributed by atoms with Gasteiger partial charge in [0.25, 0.3) is 5.56 Å². The first kappa shape index (κ1) is 10.9. The van der Waals surface area contributed by atoms with Crippen LogP contribution in [0.5, 0.6) is 0 Å². The van der Waals surface area contributed by atoms with Crippen molar-refractivity contribution < 1.29 is 0 Å². The van der Waals surface area contributed by atoms with E-state index in [4.69, 9.17) is 17.3 Å². The Hall–Kier alpha value is -1.59. The molecule has 1 atom stereocenters. The number of hydrogen-bond donors (Lipinski definition) is 2. The second-order valence-corrected chi connectivity index (χ2v) is 3.92. The molecule has 6 heteroatoms. The first-order valence-corrected chi connectivity index (χ1v) is 5.09. The summed E-state index contributed by atoms with van der Waals surface area (Å²) < 4.78 is 0.939. The van der Waals surface area contributed by atoms with E-state index >= 15 is 0 Å². The highest BCUT2D eigenvalue weighted by Crippen LogP contribution is 2.16. The van der Waals surface area contributed by atoms with Crippen molar-refractivity contribution in [1.82, 2.24) is 9.55 Å². The number of aromatic amines is 1. The fraction of sp³-hybridized carbons (Fsp3) is 0.200. The standard InChI is InChI=1S/C10H10ClN3O2/c1-5(12)14-9(15)8-6(11)3-2-4-7(8)13-10(14)16/h2-5H,12H2,1H3,(H,13,16). The maximum atomic E-state index is 12.0. The summed E-state index contributed by atoms with van der Waals surface area (Å²) in [4.78, 5) is 26.1. The summed E-state index contributed by atoms with van der Waals surface area (Å²) in [5.74, 6) is 0. The lowest BCUT2D eigenvalue weighted by Crippen LogP contribution is -2.40. The third-order valence-corrected chi connectivity index (χ3v) is 2.63. The monoisotopic (exact) mass is 239 g/mol. The van der Waals surface area contributed by atoms with E-state index in [0.29, 0.717) is 10.5 Å². The first-order chi connectivity index (χ1) is 7.52. The van der Waals surface area contributed by atoms with Crippen molar-refractivity contribution in [3.63, 3.8) is 0 Å². The second-order valence-electron chi connectivity index (χ2n) is 3.51. The van der Waals surface area contributed by atoms with Gasteiger partial charge in [0, 0.05) is 0 Å². The molecule has 0 radical (unpaired) electrons.